The molecule has 4 rings (SSSR count). The number of rotatable bonds is 4. The first-order chi connectivity index (χ1) is 16.2. The fourth-order valence-electron chi connectivity index (χ4n) is 4.91. The normalized spacial score (nSPS) is 28.8. The van der Waals surface area contributed by atoms with Gasteiger partial charge in [0.1, 0.15) is 11.9 Å². The fraction of sp³-hybridized carbons (Fsp3) is 0.333. The highest BCUT2D eigenvalue weighted by molar-refractivity contribution is 9.10. The van der Waals surface area contributed by atoms with Crippen molar-refractivity contribution in [1.29, 1.82) is 21.2 Å². The quantitative estimate of drug-likeness (QED) is 0.471. The second kappa shape index (κ2) is 8.45. The van der Waals surface area contributed by atoms with Crippen LogP contribution in [0, 0.1) is 56.2 Å². The summed E-state index contributed by atoms with van der Waals surface area (Å²) in [6, 6.07) is 15.9. The van der Waals surface area contributed by atoms with Gasteiger partial charge in [-0.1, -0.05) is 46.1 Å². The number of ether oxygens (including phenoxy) is 3. The van der Waals surface area contributed by atoms with Gasteiger partial charge in [0.15, 0.2) is 5.41 Å². The number of nitriles is 3. The molecular weight excluding hydrogens is 543 g/mol. The van der Waals surface area contributed by atoms with Gasteiger partial charge < -0.3 is 14.2 Å². The predicted octanol–water partition coefficient (Wildman–Crippen LogP) is 6.27. The Morgan fingerprint density at radius 2 is 1.82 bits per heavy atom. The number of halogens is 3. The summed E-state index contributed by atoms with van der Waals surface area (Å²) in [7, 11) is 0. The lowest BCUT2D eigenvalue weighted by Crippen LogP contribution is -2.57. The highest BCUT2D eigenvalue weighted by Gasteiger charge is 2.80. The summed E-state index contributed by atoms with van der Waals surface area (Å²) in [6.45, 7) is 3.72. The van der Waals surface area contributed by atoms with E-state index in [1.165, 1.54) is 6.07 Å². The van der Waals surface area contributed by atoms with Crippen molar-refractivity contribution in [3.05, 3.63) is 62.0 Å². The minimum absolute atomic E-state index is 0.195. The Labute approximate surface area is 215 Å². The summed E-state index contributed by atoms with van der Waals surface area (Å²) in [5.74, 6) is -2.85. The molecule has 10 heteroatoms. The molecule has 2 saturated heterocycles. The van der Waals surface area contributed by atoms with Gasteiger partial charge in [0.05, 0.1) is 35.8 Å². The van der Waals surface area contributed by atoms with Crippen molar-refractivity contribution in [3.8, 4) is 24.0 Å². The molecule has 7 nitrogen and oxygen atoms in total. The molecule has 2 fully saturated rings. The lowest BCUT2D eigenvalue weighted by atomic mass is 9.53. The van der Waals surface area contributed by atoms with Crippen LogP contribution in [0.4, 0.5) is 0 Å². The van der Waals surface area contributed by atoms with Gasteiger partial charge in [-0.2, -0.15) is 15.8 Å². The molecule has 2 bridgehead atoms. The van der Waals surface area contributed by atoms with Crippen LogP contribution in [0.25, 0.3) is 0 Å². The number of hydrogen-bond donors (Lipinski definition) is 1. The zero-order chi connectivity index (χ0) is 24.9. The zero-order valence-electron chi connectivity index (χ0n) is 18.0. The second-order valence-corrected chi connectivity index (χ2v) is 9.77. The van der Waals surface area contributed by atoms with Crippen LogP contribution < -0.4 is 4.74 Å². The fourth-order valence-corrected chi connectivity index (χ4v) is 5.82. The van der Waals surface area contributed by atoms with E-state index in [0.717, 1.165) is 0 Å². The summed E-state index contributed by atoms with van der Waals surface area (Å²) in [5, 5.41) is 40.5. The number of fused-ring (bicyclic) bond motifs is 2. The Balaban J connectivity index is 2.09. The van der Waals surface area contributed by atoms with Crippen LogP contribution in [0.5, 0.6) is 5.75 Å². The van der Waals surface area contributed by atoms with Crippen LogP contribution in [0.15, 0.2) is 40.9 Å². The van der Waals surface area contributed by atoms with Crippen LogP contribution in [0.2, 0.25) is 10.0 Å². The molecule has 2 aliphatic heterocycles. The van der Waals surface area contributed by atoms with E-state index in [0.29, 0.717) is 33.0 Å². The van der Waals surface area contributed by atoms with Crippen LogP contribution in [-0.4, -0.2) is 12.5 Å². The molecule has 0 radical (unpaired) electrons. The summed E-state index contributed by atoms with van der Waals surface area (Å²) >= 11 is 16.0. The smallest absolute Gasteiger partial charge is 0.245 e. The predicted molar refractivity (Wildman–Crippen MR) is 127 cm³/mol. The SMILES string of the molecule is CCOc1ccc(Br)cc1C1OC2(c3ccc(Cl)cc3Cl)OC(=N)C(C#N)(C2C)C1(C#N)C#N. The maximum Gasteiger partial charge on any atom is 0.245 e. The molecular formula is C24H17BrCl2N4O3. The molecule has 0 aromatic heterocycles. The Morgan fingerprint density at radius 3 is 2.41 bits per heavy atom. The maximum atomic E-state index is 10.5. The number of nitrogens with one attached hydrogen (secondary N) is 1. The molecule has 0 spiro atoms. The molecule has 2 aliphatic rings. The van der Waals surface area contributed by atoms with Crippen LogP contribution in [0.1, 0.15) is 31.1 Å². The van der Waals surface area contributed by atoms with Gasteiger partial charge in [0.25, 0.3) is 0 Å². The van der Waals surface area contributed by atoms with Crippen LogP contribution in [-0.2, 0) is 15.3 Å². The molecule has 1 N–H and O–H groups in total. The van der Waals surface area contributed by atoms with Crippen molar-refractivity contribution in [3.63, 3.8) is 0 Å². The Kier molecular flexibility index (Phi) is 6.05. The molecule has 2 aromatic rings. The van der Waals surface area contributed by atoms with Gasteiger partial charge in [0.2, 0.25) is 17.1 Å². The zero-order valence-corrected chi connectivity index (χ0v) is 21.1. The van der Waals surface area contributed by atoms with Crippen molar-refractivity contribution < 1.29 is 14.2 Å². The second-order valence-electron chi connectivity index (χ2n) is 8.01. The first-order valence-corrected chi connectivity index (χ1v) is 11.8. The van der Waals surface area contributed by atoms with Crippen molar-refractivity contribution in [2.75, 3.05) is 6.61 Å². The largest absolute Gasteiger partial charge is 0.493 e. The van der Waals surface area contributed by atoms with E-state index < -0.39 is 34.5 Å². The maximum absolute atomic E-state index is 10.5. The van der Waals surface area contributed by atoms with E-state index in [-0.39, 0.29) is 5.02 Å². The first-order valence-electron chi connectivity index (χ1n) is 10.2. The number of hydrogen-bond acceptors (Lipinski definition) is 7. The average Bonchev–Trinajstić information content (AvgIpc) is 2.96. The van der Waals surface area contributed by atoms with Gasteiger partial charge in [-0.3, -0.25) is 5.41 Å². The molecule has 0 saturated carbocycles. The van der Waals surface area contributed by atoms with Crippen LogP contribution in [0.3, 0.4) is 0 Å². The summed E-state index contributed by atoms with van der Waals surface area (Å²) in [4.78, 5) is 0. The van der Waals surface area contributed by atoms with Gasteiger partial charge in [0, 0.05) is 20.6 Å². The Bertz CT molecular complexity index is 1320. The van der Waals surface area contributed by atoms with E-state index in [2.05, 4.69) is 22.0 Å². The summed E-state index contributed by atoms with van der Waals surface area (Å²) in [6.07, 6.45) is -1.33. The van der Waals surface area contributed by atoms with Crippen molar-refractivity contribution in [1.82, 2.24) is 0 Å². The molecule has 0 aliphatic carbocycles. The van der Waals surface area contributed by atoms with E-state index in [9.17, 15) is 15.8 Å². The topological polar surface area (TPSA) is 123 Å². The first kappa shape index (κ1) is 24.3. The third-order valence-electron chi connectivity index (χ3n) is 6.53. The standard InChI is InChI=1S/C24H17BrCl2N4O3/c1-3-32-19-7-4-14(25)8-16(19)20-22(10-28,11-29)23(12-30)13(2)24(33-20,34-21(23)31)17-6-5-15(26)9-18(17)27/h4-9,13,20,31H,3H2,1-2H3. The van der Waals surface area contributed by atoms with Crippen LogP contribution >= 0.6 is 39.1 Å². The van der Waals surface area contributed by atoms with Gasteiger partial charge >= 0.3 is 0 Å². The monoisotopic (exact) mass is 558 g/mol. The number of benzene rings is 2. The highest BCUT2D eigenvalue weighted by Crippen LogP contribution is 2.70. The van der Waals surface area contributed by atoms with E-state index >= 15 is 0 Å². The molecule has 4 atom stereocenters. The van der Waals surface area contributed by atoms with E-state index in [1.807, 2.05) is 12.1 Å². The molecule has 4 unspecified atom stereocenters. The lowest BCUT2D eigenvalue weighted by molar-refractivity contribution is -0.288. The summed E-state index contributed by atoms with van der Waals surface area (Å²) < 4.78 is 18.9. The molecule has 0 amide bonds. The summed E-state index contributed by atoms with van der Waals surface area (Å²) in [5.41, 5.74) is -3.41. The van der Waals surface area contributed by atoms with Gasteiger partial charge in [-0.15, -0.1) is 0 Å². The molecule has 34 heavy (non-hydrogen) atoms. The third kappa shape index (κ3) is 2.98. The van der Waals surface area contributed by atoms with Crippen molar-refractivity contribution in [2.24, 2.45) is 16.7 Å². The van der Waals surface area contributed by atoms with Crippen molar-refractivity contribution >= 4 is 45.0 Å². The van der Waals surface area contributed by atoms with Crippen molar-refractivity contribution in [2.45, 2.75) is 25.7 Å². The third-order valence-corrected chi connectivity index (χ3v) is 7.57. The van der Waals surface area contributed by atoms with E-state index in [1.54, 1.807) is 44.2 Å². The lowest BCUT2D eigenvalue weighted by Gasteiger charge is -2.49. The Hall–Kier alpha value is -2.80. The Morgan fingerprint density at radius 1 is 1.12 bits per heavy atom. The average molecular weight is 560 g/mol. The van der Waals surface area contributed by atoms with Gasteiger partial charge in [-0.05, 0) is 43.3 Å². The molecule has 2 aromatic carbocycles. The molecule has 172 valence electrons. The minimum atomic E-state index is -2.14. The molecule has 2 heterocycles. The highest BCUT2D eigenvalue weighted by atomic mass is 79.9. The minimum Gasteiger partial charge on any atom is -0.493 e. The van der Waals surface area contributed by atoms with E-state index in [4.69, 9.17) is 42.8 Å². The number of nitrogens with zero attached hydrogens (tertiary/aromatic N) is 3. The van der Waals surface area contributed by atoms with Gasteiger partial charge in [-0.25, -0.2) is 0 Å².